The molecule has 0 aliphatic heterocycles. The van der Waals surface area contributed by atoms with Crippen molar-refractivity contribution >= 4 is 41.6 Å². The Bertz CT molecular complexity index is 271. The van der Waals surface area contributed by atoms with Gasteiger partial charge < -0.3 is 4.85 Å². The molecule has 8 heteroatoms. The summed E-state index contributed by atoms with van der Waals surface area (Å²) in [5.41, 5.74) is 0. The third kappa shape index (κ3) is 21.0. The number of hydrogen-bond donors (Lipinski definition) is 0. The van der Waals surface area contributed by atoms with Crippen molar-refractivity contribution in [2.24, 2.45) is 0 Å². The summed E-state index contributed by atoms with van der Waals surface area (Å²) in [4.78, 5) is 2.99. The molecule has 0 aromatic carbocycles. The molecule has 0 N–H and O–H groups in total. The van der Waals surface area contributed by atoms with Gasteiger partial charge in [-0.15, -0.1) is 0 Å². The fourth-order valence-corrected chi connectivity index (χ4v) is 1.41. The molecule has 0 unspecified atom stereocenters. The van der Waals surface area contributed by atoms with Crippen LogP contribution in [0.2, 0.25) is 0 Å². The van der Waals surface area contributed by atoms with Gasteiger partial charge >= 0.3 is 64.2 Å². The zero-order valence-corrected chi connectivity index (χ0v) is 21.3. The van der Waals surface area contributed by atoms with Crippen molar-refractivity contribution in [2.75, 3.05) is 6.54 Å². The molecule has 1 rings (SSSR count). The smallest absolute Gasteiger partial charge is 0 e. The molecule has 1 fully saturated rings. The Morgan fingerprint density at radius 3 is 0.913 bits per heavy atom. The van der Waals surface area contributed by atoms with Crippen LogP contribution in [0.1, 0.15) is 41.5 Å². The van der Waals surface area contributed by atoms with Crippen LogP contribution in [0.4, 0.5) is 0 Å². The maximum atomic E-state index is 7.50. The minimum absolute atomic E-state index is 0. The summed E-state index contributed by atoms with van der Waals surface area (Å²) in [6, 6.07) is 0. The average Bonchev–Trinajstić information content (AvgIpc) is 2.69. The quantitative estimate of drug-likeness (QED) is 0.198. The Kier molecular flexibility index (Phi) is 38.8. The molecule has 23 heavy (non-hydrogen) atoms. The molecule has 128 valence electrons. The Morgan fingerprint density at radius 1 is 0.783 bits per heavy atom. The van der Waals surface area contributed by atoms with Gasteiger partial charge in [0.2, 0.25) is 6.54 Å². The van der Waals surface area contributed by atoms with E-state index in [2.05, 4.69) is 52.8 Å². The molecule has 3 nitrogen and oxygen atoms in total. The summed E-state index contributed by atoms with van der Waals surface area (Å²) in [5.74, 6) is 7.34. The van der Waals surface area contributed by atoms with Crippen molar-refractivity contribution in [2.45, 2.75) is 41.5 Å². The molecule has 0 aromatic rings. The van der Waals surface area contributed by atoms with E-state index in [9.17, 15) is 0 Å². The monoisotopic (exact) mass is 609 g/mol. The summed E-state index contributed by atoms with van der Waals surface area (Å²) >= 11 is -1.92. The average molecular weight is 609 g/mol. The van der Waals surface area contributed by atoms with Crippen molar-refractivity contribution in [3.8, 4) is 0 Å². The fraction of sp³-hybridized carbons (Fsp3) is 0.467. The van der Waals surface area contributed by atoms with Crippen LogP contribution >= 0.6 is 30.0 Å². The number of halogens is 3. The Balaban J connectivity index is -0.0000000708. The molecule has 0 atom stereocenters. The largest absolute Gasteiger partial charge is 0 e. The zero-order chi connectivity index (χ0) is 18.9. The van der Waals surface area contributed by atoms with Crippen molar-refractivity contribution in [3.63, 3.8) is 0 Å². The molecule has 0 saturated heterocycles. The third-order valence-electron chi connectivity index (χ3n) is 2.97. The van der Waals surface area contributed by atoms with Crippen LogP contribution in [0.5, 0.6) is 0 Å². The minimum Gasteiger partial charge on any atom is 0 e. The van der Waals surface area contributed by atoms with Gasteiger partial charge in [-0.05, 0) is 29.6 Å². The summed E-state index contributed by atoms with van der Waals surface area (Å²) in [6.45, 7) is 28.5. The second-order valence-electron chi connectivity index (χ2n) is 3.81. The molecule has 1 aliphatic rings. The summed E-state index contributed by atoms with van der Waals surface area (Å²) < 4.78 is 15.0. The molecule has 0 aromatic heterocycles. The summed E-state index contributed by atoms with van der Waals surface area (Å²) in [5, 5.41) is 0. The second kappa shape index (κ2) is 25.3. The van der Waals surface area contributed by atoms with Crippen LogP contribution in [0.25, 0.3) is 4.85 Å². The number of hydrogen-bond acceptors (Lipinski definition) is 0. The minimum atomic E-state index is -1.92. The maximum Gasteiger partial charge on any atom is 0 e. The first-order valence-corrected chi connectivity index (χ1v) is 14.2. The predicted octanol–water partition coefficient (Wildman–Crippen LogP) is 5.51. The van der Waals surface area contributed by atoms with Crippen LogP contribution in [0.3, 0.4) is 0 Å². The van der Waals surface area contributed by atoms with E-state index in [0.29, 0.717) is 6.54 Å². The van der Waals surface area contributed by atoms with E-state index in [-0.39, 0.29) is 21.1 Å². The second-order valence-corrected chi connectivity index (χ2v) is 13.6. The van der Waals surface area contributed by atoms with Gasteiger partial charge in [0.25, 0.3) is 0 Å². The van der Waals surface area contributed by atoms with E-state index in [1.54, 1.807) is 0 Å². The first kappa shape index (κ1) is 35.2. The van der Waals surface area contributed by atoms with Crippen LogP contribution in [0, 0.1) is 49.5 Å². The van der Waals surface area contributed by atoms with Gasteiger partial charge in [-0.25, -0.2) is 6.57 Å². The Labute approximate surface area is 173 Å². The van der Waals surface area contributed by atoms with E-state index in [1.807, 2.05) is 6.92 Å². The van der Waals surface area contributed by atoms with E-state index in [0.717, 1.165) is 0 Å². The van der Waals surface area contributed by atoms with E-state index in [4.69, 9.17) is 45.9 Å². The summed E-state index contributed by atoms with van der Waals surface area (Å²) in [7, 11) is 14.9. The van der Waals surface area contributed by atoms with E-state index in [1.165, 1.54) is 29.6 Å². The number of nitrogens with zero attached hydrogens (tertiary/aromatic N) is 1. The van der Waals surface area contributed by atoms with Crippen molar-refractivity contribution in [3.05, 3.63) is 54.3 Å². The Hall–Kier alpha value is 1.07. The van der Waals surface area contributed by atoms with Crippen LogP contribution in [-0.4, -0.2) is 18.1 Å². The fourth-order valence-electron chi connectivity index (χ4n) is 1.41. The standard InChI is InChI=1S/C10H15.C3H5N.2CO.Cl3Ge.W/c1-6-7(2)9(4)10(5)8(6)3;1-3-4-2;2*1-2;1-4(2)3;/h1-5H3;3H2,1H3;;;;. The van der Waals surface area contributed by atoms with Gasteiger partial charge in [0.15, 0.2) is 0 Å². The van der Waals surface area contributed by atoms with Gasteiger partial charge in [-0.3, -0.25) is 0 Å². The first-order chi connectivity index (χ1) is 10.2. The van der Waals surface area contributed by atoms with Crippen molar-refractivity contribution in [1.29, 1.82) is 0 Å². The van der Waals surface area contributed by atoms with Crippen LogP contribution in [-0.2, 0) is 30.4 Å². The summed E-state index contributed by atoms with van der Waals surface area (Å²) in [6.07, 6.45) is 0. The molecule has 1 saturated carbocycles. The molecular weight excluding hydrogens is 589 g/mol. The van der Waals surface area contributed by atoms with Gasteiger partial charge in [0, 0.05) is 28.0 Å². The number of rotatable bonds is 0. The molecule has 0 heterocycles. The van der Waals surface area contributed by atoms with Gasteiger partial charge in [-0.1, -0.05) is 34.6 Å². The Morgan fingerprint density at radius 2 is 0.870 bits per heavy atom. The SMILES string of the molecule is C[C]1[C](C)[C](C)[C](C)[C]1C.[C-]#[N+]CC.[C-]#[O+].[C-]#[O+].[Cl][Ge]([Cl])[Cl].[W]. The first-order valence-electron chi connectivity index (χ1n) is 5.97. The zero-order valence-electron chi connectivity index (χ0n) is 14.0. The van der Waals surface area contributed by atoms with E-state index >= 15 is 0 Å². The molecule has 6 radical (unpaired) electrons. The molecule has 0 amide bonds. The topological polar surface area (TPSA) is 44.2 Å². The molecule has 0 bridgehead atoms. The third-order valence-corrected chi connectivity index (χ3v) is 2.97. The van der Waals surface area contributed by atoms with Crippen molar-refractivity contribution < 1.29 is 30.4 Å². The maximum absolute atomic E-state index is 7.50. The van der Waals surface area contributed by atoms with Crippen molar-refractivity contribution in [1.82, 2.24) is 0 Å². The van der Waals surface area contributed by atoms with E-state index < -0.39 is 11.6 Å². The van der Waals surface area contributed by atoms with Crippen LogP contribution < -0.4 is 0 Å². The van der Waals surface area contributed by atoms with Crippen LogP contribution in [0.15, 0.2) is 0 Å². The molecular formula is C15H20Cl3GeNO2W. The van der Waals surface area contributed by atoms with Gasteiger partial charge in [0.1, 0.15) is 0 Å². The van der Waals surface area contributed by atoms with Gasteiger partial charge in [-0.2, -0.15) is 0 Å². The molecule has 1 aliphatic carbocycles. The normalized spacial score (nSPS) is 15.0. The molecule has 0 spiro atoms. The predicted molar refractivity (Wildman–Crippen MR) is 92.9 cm³/mol. The van der Waals surface area contributed by atoms with Gasteiger partial charge in [0.05, 0.1) is 0 Å².